The van der Waals surface area contributed by atoms with E-state index in [1.54, 1.807) is 12.0 Å². The van der Waals surface area contributed by atoms with Crippen LogP contribution in [0.15, 0.2) is 90.6 Å². The second-order valence-electron chi connectivity index (χ2n) is 9.38. The summed E-state index contributed by atoms with van der Waals surface area (Å²) in [5, 5.41) is 4.88. The van der Waals surface area contributed by atoms with Gasteiger partial charge in [-0.1, -0.05) is 84.9 Å². The van der Waals surface area contributed by atoms with E-state index in [4.69, 9.17) is 4.74 Å². The lowest BCUT2D eigenvalue weighted by molar-refractivity contribution is 0.142. The number of allylic oxidation sites excluding steroid dienone is 1. The third-order valence-corrected chi connectivity index (χ3v) is 7.16. The molecule has 0 N–H and O–H groups in total. The molecule has 2 amide bonds. The molecule has 0 saturated heterocycles. The molecule has 5 heteroatoms. The second-order valence-corrected chi connectivity index (χ2v) is 9.38. The van der Waals surface area contributed by atoms with Crippen LogP contribution >= 0.6 is 0 Å². The van der Waals surface area contributed by atoms with Gasteiger partial charge in [-0.3, -0.25) is 4.90 Å². The molecule has 184 valence electrons. The molecule has 1 heterocycles. The number of amides is 2. The molecule has 4 aromatic carbocycles. The topological polar surface area (TPSA) is 36.0 Å². The Hall–Kier alpha value is -3.83. The molecule has 0 bridgehead atoms. The van der Waals surface area contributed by atoms with E-state index in [1.807, 2.05) is 11.9 Å². The highest BCUT2D eigenvalue weighted by Gasteiger charge is 2.33. The molecular weight excluding hydrogens is 446 g/mol. The Morgan fingerprint density at radius 3 is 2.28 bits per heavy atom. The molecule has 0 aromatic heterocycles. The fourth-order valence-corrected chi connectivity index (χ4v) is 5.16. The van der Waals surface area contributed by atoms with Gasteiger partial charge in [-0.2, -0.15) is 0 Å². The minimum absolute atomic E-state index is 0.0120. The van der Waals surface area contributed by atoms with Crippen LogP contribution in [0.5, 0.6) is 0 Å². The highest BCUT2D eigenvalue weighted by molar-refractivity contribution is 5.98. The lowest BCUT2D eigenvalue weighted by Crippen LogP contribution is -2.42. The van der Waals surface area contributed by atoms with Crippen molar-refractivity contribution in [2.45, 2.75) is 13.3 Å². The van der Waals surface area contributed by atoms with Crippen molar-refractivity contribution in [3.05, 3.63) is 102 Å². The van der Waals surface area contributed by atoms with E-state index < -0.39 is 0 Å². The summed E-state index contributed by atoms with van der Waals surface area (Å²) in [7, 11) is 3.50. The lowest BCUT2D eigenvalue weighted by Gasteiger charge is -2.28. The van der Waals surface area contributed by atoms with Gasteiger partial charge in [0.25, 0.3) is 0 Å². The van der Waals surface area contributed by atoms with E-state index in [2.05, 4.69) is 96.8 Å². The quantitative estimate of drug-likeness (QED) is 0.317. The number of rotatable bonds is 7. The Morgan fingerprint density at radius 2 is 1.53 bits per heavy atom. The van der Waals surface area contributed by atoms with Crippen LogP contribution < -0.4 is 0 Å². The maximum absolute atomic E-state index is 13.6. The number of carbonyl (C=O) groups is 1. The molecule has 36 heavy (non-hydrogen) atoms. The van der Waals surface area contributed by atoms with E-state index in [1.165, 1.54) is 21.7 Å². The van der Waals surface area contributed by atoms with Crippen molar-refractivity contribution < 1.29 is 9.53 Å². The molecule has 0 fully saturated rings. The number of hydrogen-bond donors (Lipinski definition) is 0. The van der Waals surface area contributed by atoms with Gasteiger partial charge in [-0.25, -0.2) is 4.79 Å². The molecule has 5 rings (SSSR count). The summed E-state index contributed by atoms with van der Waals surface area (Å²) >= 11 is 0. The first-order chi connectivity index (χ1) is 17.6. The van der Waals surface area contributed by atoms with Crippen LogP contribution in [0.4, 0.5) is 4.79 Å². The molecule has 5 nitrogen and oxygen atoms in total. The van der Waals surface area contributed by atoms with Gasteiger partial charge in [0.05, 0.1) is 19.0 Å². The smallest absolute Gasteiger partial charge is 0.325 e. The SMILES string of the molecule is COCCN(C)C(=O)N1CN(CCc2cccc3ccccc23)C(C)=C1c1cccc2ccccc12. The van der Waals surface area contributed by atoms with Crippen LogP contribution in [-0.2, 0) is 11.2 Å². The summed E-state index contributed by atoms with van der Waals surface area (Å²) in [6.07, 6.45) is 0.906. The van der Waals surface area contributed by atoms with Gasteiger partial charge < -0.3 is 14.5 Å². The third kappa shape index (κ3) is 4.54. The normalized spacial score (nSPS) is 13.8. The summed E-state index contributed by atoms with van der Waals surface area (Å²) in [4.78, 5) is 19.7. The molecule has 0 unspecified atom stereocenters. The van der Waals surface area contributed by atoms with Crippen molar-refractivity contribution in [2.75, 3.05) is 40.5 Å². The van der Waals surface area contributed by atoms with Gasteiger partial charge in [-0.15, -0.1) is 0 Å². The first kappa shape index (κ1) is 23.9. The summed E-state index contributed by atoms with van der Waals surface area (Å²) in [6, 6.07) is 29.7. The summed E-state index contributed by atoms with van der Waals surface area (Å²) in [5.74, 6) is 0. The number of hydrogen-bond acceptors (Lipinski definition) is 3. The summed E-state index contributed by atoms with van der Waals surface area (Å²) in [6.45, 7) is 4.56. The van der Waals surface area contributed by atoms with Gasteiger partial charge >= 0.3 is 6.03 Å². The van der Waals surface area contributed by atoms with Crippen LogP contribution in [0.1, 0.15) is 18.1 Å². The van der Waals surface area contributed by atoms with Crippen LogP contribution in [0, 0.1) is 0 Å². The second kappa shape index (κ2) is 10.4. The fourth-order valence-electron chi connectivity index (χ4n) is 5.16. The highest BCUT2D eigenvalue weighted by Crippen LogP contribution is 2.36. The molecule has 0 spiro atoms. The number of fused-ring (bicyclic) bond motifs is 2. The largest absolute Gasteiger partial charge is 0.383 e. The molecule has 0 aliphatic carbocycles. The van der Waals surface area contributed by atoms with Crippen LogP contribution in [0.3, 0.4) is 0 Å². The molecule has 1 aliphatic rings. The zero-order valence-corrected chi connectivity index (χ0v) is 21.3. The predicted octanol–water partition coefficient (Wildman–Crippen LogP) is 6.20. The van der Waals surface area contributed by atoms with E-state index in [9.17, 15) is 4.79 Å². The number of nitrogens with zero attached hydrogens (tertiary/aromatic N) is 3. The van der Waals surface area contributed by atoms with Gasteiger partial charge in [-0.05, 0) is 40.5 Å². The number of carbonyl (C=O) groups excluding carboxylic acids is 1. The maximum Gasteiger partial charge on any atom is 0.325 e. The number of methoxy groups -OCH3 is 1. The van der Waals surface area contributed by atoms with E-state index >= 15 is 0 Å². The van der Waals surface area contributed by atoms with Gasteiger partial charge in [0.15, 0.2) is 0 Å². The van der Waals surface area contributed by atoms with Crippen LogP contribution in [-0.4, -0.2) is 61.3 Å². The van der Waals surface area contributed by atoms with Crippen molar-refractivity contribution in [3.8, 4) is 0 Å². The van der Waals surface area contributed by atoms with Crippen molar-refractivity contribution >= 4 is 33.3 Å². The van der Waals surface area contributed by atoms with E-state index in [0.717, 1.165) is 35.3 Å². The Morgan fingerprint density at radius 1 is 0.889 bits per heavy atom. The fraction of sp³-hybridized carbons (Fsp3) is 0.258. The Labute approximate surface area is 213 Å². The van der Waals surface area contributed by atoms with Crippen LogP contribution in [0.2, 0.25) is 0 Å². The van der Waals surface area contributed by atoms with Crippen molar-refractivity contribution in [3.63, 3.8) is 0 Å². The van der Waals surface area contributed by atoms with Crippen molar-refractivity contribution in [1.29, 1.82) is 0 Å². The first-order valence-electron chi connectivity index (χ1n) is 12.5. The molecule has 1 aliphatic heterocycles. The minimum Gasteiger partial charge on any atom is -0.383 e. The highest BCUT2D eigenvalue weighted by atomic mass is 16.5. The Bertz CT molecular complexity index is 1420. The minimum atomic E-state index is -0.0120. The molecular formula is C31H33N3O2. The molecule has 0 atom stereocenters. The Kier molecular flexibility index (Phi) is 6.92. The Balaban J connectivity index is 1.50. The zero-order chi connectivity index (χ0) is 25.1. The van der Waals surface area contributed by atoms with Gasteiger partial charge in [0, 0.05) is 38.5 Å². The number of likely N-dealkylation sites (N-methyl/N-ethyl adjacent to an activating group) is 1. The predicted molar refractivity (Wildman–Crippen MR) is 148 cm³/mol. The van der Waals surface area contributed by atoms with E-state index in [0.29, 0.717) is 19.8 Å². The third-order valence-electron chi connectivity index (χ3n) is 7.16. The average molecular weight is 480 g/mol. The van der Waals surface area contributed by atoms with E-state index in [-0.39, 0.29) is 6.03 Å². The standard InChI is InChI=1S/C31H33N3O2/c1-23-30(29-17-9-14-25-11-5-7-16-28(25)29)34(31(35)32(2)20-21-36-3)22-33(23)19-18-26-13-8-12-24-10-4-6-15-27(24)26/h4-17H,18-22H2,1-3H3. The number of benzene rings is 4. The average Bonchev–Trinajstić information content (AvgIpc) is 3.25. The number of urea groups is 1. The summed E-state index contributed by atoms with van der Waals surface area (Å²) < 4.78 is 5.22. The van der Waals surface area contributed by atoms with Gasteiger partial charge in [0.1, 0.15) is 0 Å². The lowest BCUT2D eigenvalue weighted by atomic mass is 10.0. The van der Waals surface area contributed by atoms with Crippen molar-refractivity contribution in [1.82, 2.24) is 14.7 Å². The first-order valence-corrected chi connectivity index (χ1v) is 12.5. The zero-order valence-electron chi connectivity index (χ0n) is 21.3. The monoisotopic (exact) mass is 479 g/mol. The molecule has 0 saturated carbocycles. The molecule has 4 aromatic rings. The van der Waals surface area contributed by atoms with Gasteiger partial charge in [0.2, 0.25) is 0 Å². The maximum atomic E-state index is 13.6. The van der Waals surface area contributed by atoms with Crippen LogP contribution in [0.25, 0.3) is 27.2 Å². The molecule has 0 radical (unpaired) electrons. The number of ether oxygens (including phenoxy) is 1. The summed E-state index contributed by atoms with van der Waals surface area (Å²) in [5.41, 5.74) is 4.53. The van der Waals surface area contributed by atoms with Crippen molar-refractivity contribution in [2.24, 2.45) is 0 Å².